The zero-order valence-corrected chi connectivity index (χ0v) is 21.9. The summed E-state index contributed by atoms with van der Waals surface area (Å²) in [5.41, 5.74) is 4.88. The third-order valence-electron chi connectivity index (χ3n) is 6.54. The highest BCUT2D eigenvalue weighted by molar-refractivity contribution is 6.30. The Labute approximate surface area is 230 Å². The third-order valence-corrected chi connectivity index (χ3v) is 6.79. The van der Waals surface area contributed by atoms with Gasteiger partial charge in [-0.15, -0.1) is 0 Å². The van der Waals surface area contributed by atoms with E-state index in [1.807, 2.05) is 72.8 Å². The zero-order chi connectivity index (χ0) is 27.4. The minimum Gasteiger partial charge on any atom is -0.489 e. The molecule has 6 nitrogen and oxygen atoms in total. The lowest BCUT2D eigenvalue weighted by Gasteiger charge is -2.14. The molecule has 1 amide bonds. The Hall–Kier alpha value is -4.55. The largest absolute Gasteiger partial charge is 0.489 e. The maximum atomic E-state index is 13.1. The lowest BCUT2D eigenvalue weighted by atomic mass is 10.0. The molecule has 0 fully saturated rings. The van der Waals surface area contributed by atoms with E-state index in [-0.39, 0.29) is 12.2 Å². The number of benzene rings is 4. The predicted octanol–water partition coefficient (Wildman–Crippen LogP) is 7.07. The van der Waals surface area contributed by atoms with E-state index in [0.29, 0.717) is 28.5 Å². The van der Waals surface area contributed by atoms with E-state index in [2.05, 4.69) is 5.32 Å². The molecule has 0 unspecified atom stereocenters. The van der Waals surface area contributed by atoms with Gasteiger partial charge in [-0.1, -0.05) is 78.3 Å². The number of nitrogens with one attached hydrogen (secondary N) is 1. The number of amides is 1. The van der Waals surface area contributed by atoms with Crippen molar-refractivity contribution in [2.45, 2.75) is 26.0 Å². The highest BCUT2D eigenvalue weighted by Crippen LogP contribution is 2.30. The average Bonchev–Trinajstić information content (AvgIpc) is 3.29. The van der Waals surface area contributed by atoms with Gasteiger partial charge < -0.3 is 19.6 Å². The molecule has 1 atom stereocenters. The molecule has 2 N–H and O–H groups in total. The molecule has 0 radical (unpaired) electrons. The van der Waals surface area contributed by atoms with E-state index >= 15 is 0 Å². The first-order chi connectivity index (χ1) is 18.9. The minimum atomic E-state index is -1.13. The second-order valence-electron chi connectivity index (χ2n) is 9.26. The fourth-order valence-corrected chi connectivity index (χ4v) is 4.51. The molecular weight excluding hydrogens is 514 g/mol. The molecule has 0 saturated carbocycles. The molecule has 0 bridgehead atoms. The van der Waals surface area contributed by atoms with E-state index < -0.39 is 17.9 Å². The summed E-state index contributed by atoms with van der Waals surface area (Å²) in [5.74, 6) is -0.943. The lowest BCUT2D eigenvalue weighted by Crippen LogP contribution is -2.42. The SMILES string of the molecule is Cc1c(C(=O)N[C@@H](Cc2ccc(OCc3ccccc3)cc2)C(=O)O)oc2cc(-c3ccc(Cl)cc3)ccc12. The van der Waals surface area contributed by atoms with Crippen molar-refractivity contribution < 1.29 is 23.8 Å². The Morgan fingerprint density at radius 1 is 0.897 bits per heavy atom. The van der Waals surface area contributed by atoms with Gasteiger partial charge in [-0.3, -0.25) is 4.79 Å². The van der Waals surface area contributed by atoms with E-state index in [4.69, 9.17) is 20.8 Å². The molecule has 1 aromatic heterocycles. The van der Waals surface area contributed by atoms with Crippen molar-refractivity contribution in [1.82, 2.24) is 5.32 Å². The number of fused-ring (bicyclic) bond motifs is 1. The van der Waals surface area contributed by atoms with E-state index in [1.165, 1.54) is 0 Å². The van der Waals surface area contributed by atoms with E-state index in [1.54, 1.807) is 31.2 Å². The lowest BCUT2D eigenvalue weighted by molar-refractivity contribution is -0.139. The average molecular weight is 540 g/mol. The summed E-state index contributed by atoms with van der Waals surface area (Å²) >= 11 is 6.00. The van der Waals surface area contributed by atoms with Gasteiger partial charge in [0.25, 0.3) is 5.91 Å². The van der Waals surface area contributed by atoms with Crippen molar-refractivity contribution in [2.75, 3.05) is 0 Å². The smallest absolute Gasteiger partial charge is 0.326 e. The summed E-state index contributed by atoms with van der Waals surface area (Å²) < 4.78 is 11.7. The molecule has 0 spiro atoms. The molecule has 4 aromatic carbocycles. The first-order valence-electron chi connectivity index (χ1n) is 12.5. The maximum Gasteiger partial charge on any atom is 0.326 e. The summed E-state index contributed by atoms with van der Waals surface area (Å²) in [6.45, 7) is 2.22. The second kappa shape index (κ2) is 11.5. The monoisotopic (exact) mass is 539 g/mol. The number of furan rings is 1. The Bertz CT molecular complexity index is 1610. The standard InChI is InChI=1S/C32H26ClNO5/c1-20-27-16-11-24(23-9-12-25(33)13-10-23)18-29(27)39-30(20)31(35)34-28(32(36)37)17-21-7-14-26(15-8-21)38-19-22-5-3-2-4-6-22/h2-16,18,28H,17,19H2,1H3,(H,34,35)(H,36,37)/t28-/m0/s1. The fraction of sp³-hybridized carbons (Fsp3) is 0.125. The summed E-state index contributed by atoms with van der Waals surface area (Å²) in [7, 11) is 0. The van der Waals surface area contributed by atoms with Crippen LogP contribution in [0.25, 0.3) is 22.1 Å². The van der Waals surface area contributed by atoms with Crippen molar-refractivity contribution in [3.8, 4) is 16.9 Å². The van der Waals surface area contributed by atoms with Crippen LogP contribution in [0.15, 0.2) is 101 Å². The Kier molecular flexibility index (Phi) is 7.66. The van der Waals surface area contributed by atoms with Crippen LogP contribution in [0, 0.1) is 6.92 Å². The van der Waals surface area contributed by atoms with Crippen LogP contribution in [0.4, 0.5) is 0 Å². The first-order valence-corrected chi connectivity index (χ1v) is 12.8. The number of ether oxygens (including phenoxy) is 1. The van der Waals surface area contributed by atoms with Crippen LogP contribution in [-0.2, 0) is 17.8 Å². The number of rotatable bonds is 9. The van der Waals surface area contributed by atoms with Crippen LogP contribution in [0.2, 0.25) is 5.02 Å². The van der Waals surface area contributed by atoms with E-state index in [9.17, 15) is 14.7 Å². The predicted molar refractivity (Wildman–Crippen MR) is 151 cm³/mol. The molecule has 0 saturated heterocycles. The number of carboxylic acids is 1. The highest BCUT2D eigenvalue weighted by Gasteiger charge is 2.25. The Morgan fingerprint density at radius 3 is 2.28 bits per heavy atom. The van der Waals surface area contributed by atoms with Crippen LogP contribution >= 0.6 is 11.6 Å². The molecular formula is C32H26ClNO5. The summed E-state index contributed by atoms with van der Waals surface area (Å²) in [4.78, 5) is 25.1. The van der Waals surface area contributed by atoms with Gasteiger partial charge in [-0.2, -0.15) is 0 Å². The number of halogens is 1. The number of aliphatic carboxylic acids is 1. The van der Waals surface area contributed by atoms with Crippen LogP contribution < -0.4 is 10.1 Å². The van der Waals surface area contributed by atoms with Crippen LogP contribution in [0.5, 0.6) is 5.75 Å². The molecule has 196 valence electrons. The van der Waals surface area contributed by atoms with Crippen molar-refractivity contribution in [2.24, 2.45) is 0 Å². The highest BCUT2D eigenvalue weighted by atomic mass is 35.5. The second-order valence-corrected chi connectivity index (χ2v) is 9.70. The summed E-state index contributed by atoms with van der Waals surface area (Å²) in [6, 6.07) is 29.0. The molecule has 1 heterocycles. The van der Waals surface area contributed by atoms with Crippen LogP contribution in [-0.4, -0.2) is 23.0 Å². The topological polar surface area (TPSA) is 88.8 Å². The van der Waals surface area contributed by atoms with Crippen molar-refractivity contribution >= 4 is 34.4 Å². The number of aryl methyl sites for hydroxylation is 1. The van der Waals surface area contributed by atoms with Gasteiger partial charge in [-0.05, 0) is 59.5 Å². The first kappa shape index (κ1) is 26.1. The molecule has 5 rings (SSSR count). The molecule has 7 heteroatoms. The Balaban J connectivity index is 1.27. The number of carbonyl (C=O) groups excluding carboxylic acids is 1. The van der Waals surface area contributed by atoms with Crippen molar-refractivity contribution in [1.29, 1.82) is 0 Å². The molecule has 0 aliphatic carbocycles. The van der Waals surface area contributed by atoms with Gasteiger partial charge in [0.15, 0.2) is 5.76 Å². The number of hydrogen-bond acceptors (Lipinski definition) is 4. The number of carboxylic acid groups (broad SMARTS) is 1. The minimum absolute atomic E-state index is 0.0918. The quantitative estimate of drug-likeness (QED) is 0.209. The van der Waals surface area contributed by atoms with Gasteiger partial charge in [0.2, 0.25) is 0 Å². The van der Waals surface area contributed by atoms with Gasteiger partial charge in [0, 0.05) is 22.4 Å². The zero-order valence-electron chi connectivity index (χ0n) is 21.2. The third kappa shape index (κ3) is 6.13. The maximum absolute atomic E-state index is 13.1. The number of hydrogen-bond donors (Lipinski definition) is 2. The number of carbonyl (C=O) groups is 2. The van der Waals surface area contributed by atoms with Crippen LogP contribution in [0.1, 0.15) is 27.2 Å². The molecule has 0 aliphatic heterocycles. The van der Waals surface area contributed by atoms with Gasteiger partial charge in [0.1, 0.15) is 24.0 Å². The molecule has 5 aromatic rings. The molecule has 0 aliphatic rings. The summed E-state index contributed by atoms with van der Waals surface area (Å²) in [5, 5.41) is 13.9. The van der Waals surface area contributed by atoms with Crippen LogP contribution in [0.3, 0.4) is 0 Å². The summed E-state index contributed by atoms with van der Waals surface area (Å²) in [6.07, 6.45) is 0.111. The van der Waals surface area contributed by atoms with Gasteiger partial charge in [-0.25, -0.2) is 4.79 Å². The molecule has 39 heavy (non-hydrogen) atoms. The fourth-order valence-electron chi connectivity index (χ4n) is 4.39. The van der Waals surface area contributed by atoms with Crippen molar-refractivity contribution in [3.05, 3.63) is 125 Å². The van der Waals surface area contributed by atoms with Crippen molar-refractivity contribution in [3.63, 3.8) is 0 Å². The Morgan fingerprint density at radius 2 is 1.59 bits per heavy atom. The van der Waals surface area contributed by atoms with Gasteiger partial charge in [0.05, 0.1) is 0 Å². The van der Waals surface area contributed by atoms with Gasteiger partial charge >= 0.3 is 5.97 Å². The normalized spacial score (nSPS) is 11.7. The van der Waals surface area contributed by atoms with E-state index in [0.717, 1.165) is 27.6 Å².